The quantitative estimate of drug-likeness (QED) is 0.759. The fourth-order valence-corrected chi connectivity index (χ4v) is 2.31. The molecule has 0 saturated carbocycles. The molecule has 0 bridgehead atoms. The molecule has 0 aliphatic carbocycles. The zero-order valence-electron chi connectivity index (χ0n) is 13.2. The summed E-state index contributed by atoms with van der Waals surface area (Å²) >= 11 is 0. The Labute approximate surface area is 134 Å². The molecule has 3 rings (SSSR count). The van der Waals surface area contributed by atoms with E-state index in [2.05, 4.69) is 27.6 Å². The fourth-order valence-electron chi connectivity index (χ4n) is 2.31. The lowest BCUT2D eigenvalue weighted by molar-refractivity contribution is 0.102. The summed E-state index contributed by atoms with van der Waals surface area (Å²) in [5.41, 5.74) is 3.51. The molecular formula is C17H19N5O. The van der Waals surface area contributed by atoms with E-state index in [1.807, 2.05) is 37.3 Å². The molecule has 1 amide bonds. The molecule has 0 saturated heterocycles. The molecule has 23 heavy (non-hydrogen) atoms. The Morgan fingerprint density at radius 1 is 1.22 bits per heavy atom. The van der Waals surface area contributed by atoms with Crippen LogP contribution in [0.15, 0.2) is 42.7 Å². The first-order valence-electron chi connectivity index (χ1n) is 7.64. The summed E-state index contributed by atoms with van der Waals surface area (Å²) in [6.07, 6.45) is 4.35. The number of carbonyl (C=O) groups is 1. The van der Waals surface area contributed by atoms with Gasteiger partial charge in [0.25, 0.3) is 5.91 Å². The molecule has 1 aromatic carbocycles. The summed E-state index contributed by atoms with van der Waals surface area (Å²) in [4.78, 5) is 17.0. The average Bonchev–Trinajstić information content (AvgIpc) is 2.97. The molecule has 3 aromatic rings. The molecule has 0 unspecified atom stereocenters. The number of carbonyl (C=O) groups excluding carboxylic acids is 1. The number of anilines is 2. The molecule has 0 atom stereocenters. The van der Waals surface area contributed by atoms with Gasteiger partial charge in [0.15, 0.2) is 5.65 Å². The second-order valence-electron chi connectivity index (χ2n) is 5.32. The van der Waals surface area contributed by atoms with Crippen LogP contribution < -0.4 is 10.6 Å². The second-order valence-corrected chi connectivity index (χ2v) is 5.32. The highest BCUT2D eigenvalue weighted by Gasteiger charge is 2.15. The number of hydrogen-bond acceptors (Lipinski definition) is 4. The third-order valence-corrected chi connectivity index (χ3v) is 3.49. The SMILES string of the molecule is CCCNc1ccccc1NC(=O)c1cnn2ccc(C)nc12. The van der Waals surface area contributed by atoms with Crippen LogP contribution in [-0.2, 0) is 0 Å². The number of fused-ring (bicyclic) bond motifs is 1. The van der Waals surface area contributed by atoms with Gasteiger partial charge >= 0.3 is 0 Å². The van der Waals surface area contributed by atoms with Crippen molar-refractivity contribution in [3.63, 3.8) is 0 Å². The number of hydrogen-bond donors (Lipinski definition) is 2. The Bertz CT molecular complexity index is 840. The van der Waals surface area contributed by atoms with E-state index in [4.69, 9.17) is 0 Å². The van der Waals surface area contributed by atoms with Gasteiger partial charge in [0.1, 0.15) is 5.56 Å². The molecule has 0 fully saturated rings. The lowest BCUT2D eigenvalue weighted by Crippen LogP contribution is -2.14. The summed E-state index contributed by atoms with van der Waals surface area (Å²) in [5, 5.41) is 10.4. The summed E-state index contributed by atoms with van der Waals surface area (Å²) < 4.78 is 1.60. The summed E-state index contributed by atoms with van der Waals surface area (Å²) in [6.45, 7) is 4.84. The van der Waals surface area contributed by atoms with E-state index in [0.29, 0.717) is 11.2 Å². The summed E-state index contributed by atoms with van der Waals surface area (Å²) in [7, 11) is 0. The smallest absolute Gasteiger partial charge is 0.261 e. The number of rotatable bonds is 5. The van der Waals surface area contributed by atoms with Gasteiger partial charge in [-0.1, -0.05) is 19.1 Å². The molecule has 6 nitrogen and oxygen atoms in total. The fraction of sp³-hybridized carbons (Fsp3) is 0.235. The van der Waals surface area contributed by atoms with Crippen molar-refractivity contribution in [2.75, 3.05) is 17.2 Å². The van der Waals surface area contributed by atoms with E-state index < -0.39 is 0 Å². The van der Waals surface area contributed by atoms with E-state index >= 15 is 0 Å². The van der Waals surface area contributed by atoms with Gasteiger partial charge in [-0.25, -0.2) is 9.50 Å². The van der Waals surface area contributed by atoms with Crippen LogP contribution in [0.2, 0.25) is 0 Å². The van der Waals surface area contributed by atoms with Crippen molar-refractivity contribution < 1.29 is 4.79 Å². The Kier molecular flexibility index (Phi) is 4.23. The lowest BCUT2D eigenvalue weighted by Gasteiger charge is -2.12. The summed E-state index contributed by atoms with van der Waals surface area (Å²) in [6, 6.07) is 9.51. The minimum Gasteiger partial charge on any atom is -0.383 e. The minimum atomic E-state index is -0.219. The summed E-state index contributed by atoms with van der Waals surface area (Å²) in [5.74, 6) is -0.219. The molecule has 6 heteroatoms. The highest BCUT2D eigenvalue weighted by Crippen LogP contribution is 2.22. The van der Waals surface area contributed by atoms with Crippen LogP contribution in [0.1, 0.15) is 29.4 Å². The van der Waals surface area contributed by atoms with Crippen LogP contribution in [0.25, 0.3) is 5.65 Å². The first kappa shape index (κ1) is 15.0. The minimum absolute atomic E-state index is 0.219. The van der Waals surface area contributed by atoms with Crippen molar-refractivity contribution >= 4 is 22.9 Å². The highest BCUT2D eigenvalue weighted by atomic mass is 16.1. The van der Waals surface area contributed by atoms with Gasteiger partial charge in [0.2, 0.25) is 0 Å². The Hall–Kier alpha value is -2.89. The third-order valence-electron chi connectivity index (χ3n) is 3.49. The van der Waals surface area contributed by atoms with E-state index in [0.717, 1.165) is 30.0 Å². The van der Waals surface area contributed by atoms with Crippen LogP contribution in [0, 0.1) is 6.92 Å². The van der Waals surface area contributed by atoms with E-state index in [-0.39, 0.29) is 5.91 Å². The Balaban J connectivity index is 1.88. The zero-order chi connectivity index (χ0) is 16.2. The van der Waals surface area contributed by atoms with E-state index in [9.17, 15) is 4.79 Å². The van der Waals surface area contributed by atoms with E-state index in [1.165, 1.54) is 0 Å². The Morgan fingerprint density at radius 3 is 2.78 bits per heavy atom. The maximum absolute atomic E-state index is 12.6. The number of amides is 1. The number of aromatic nitrogens is 3. The van der Waals surface area contributed by atoms with Crippen molar-refractivity contribution in [2.45, 2.75) is 20.3 Å². The average molecular weight is 309 g/mol. The second kappa shape index (κ2) is 6.48. The third kappa shape index (κ3) is 3.15. The first-order chi connectivity index (χ1) is 11.2. The number of aryl methyl sites for hydroxylation is 1. The largest absolute Gasteiger partial charge is 0.383 e. The van der Waals surface area contributed by atoms with Crippen molar-refractivity contribution in [3.8, 4) is 0 Å². The van der Waals surface area contributed by atoms with Crippen LogP contribution in [0.5, 0.6) is 0 Å². The predicted octanol–water partition coefficient (Wildman–Crippen LogP) is 3.11. The van der Waals surface area contributed by atoms with Gasteiger partial charge in [0.05, 0.1) is 17.6 Å². The van der Waals surface area contributed by atoms with Crippen molar-refractivity contribution in [2.24, 2.45) is 0 Å². The molecule has 2 heterocycles. The Morgan fingerprint density at radius 2 is 2.00 bits per heavy atom. The number of nitrogens with one attached hydrogen (secondary N) is 2. The van der Waals surface area contributed by atoms with Gasteiger partial charge in [0, 0.05) is 18.4 Å². The highest BCUT2D eigenvalue weighted by molar-refractivity contribution is 6.09. The maximum Gasteiger partial charge on any atom is 0.261 e. The van der Waals surface area contributed by atoms with Crippen LogP contribution >= 0.6 is 0 Å². The monoisotopic (exact) mass is 309 g/mol. The lowest BCUT2D eigenvalue weighted by atomic mass is 10.2. The topological polar surface area (TPSA) is 71.3 Å². The number of nitrogens with zero attached hydrogens (tertiary/aromatic N) is 3. The first-order valence-corrected chi connectivity index (χ1v) is 7.64. The molecule has 2 N–H and O–H groups in total. The zero-order valence-corrected chi connectivity index (χ0v) is 13.2. The standard InChI is InChI=1S/C17H19N5O/c1-3-9-18-14-6-4-5-7-15(14)21-17(23)13-11-19-22-10-8-12(2)20-16(13)22/h4-8,10-11,18H,3,9H2,1-2H3,(H,21,23). The molecule has 0 aliphatic rings. The molecule has 0 aliphatic heterocycles. The van der Waals surface area contributed by atoms with Gasteiger partial charge < -0.3 is 10.6 Å². The molecule has 118 valence electrons. The normalized spacial score (nSPS) is 10.7. The molecule has 2 aromatic heterocycles. The van der Waals surface area contributed by atoms with Crippen molar-refractivity contribution in [3.05, 3.63) is 54.0 Å². The number of benzene rings is 1. The van der Waals surface area contributed by atoms with Gasteiger partial charge in [-0.05, 0) is 31.5 Å². The van der Waals surface area contributed by atoms with Gasteiger partial charge in [-0.15, -0.1) is 0 Å². The van der Waals surface area contributed by atoms with Crippen LogP contribution in [-0.4, -0.2) is 27.0 Å². The van der Waals surface area contributed by atoms with Crippen molar-refractivity contribution in [1.29, 1.82) is 0 Å². The molecule has 0 spiro atoms. The van der Waals surface area contributed by atoms with Gasteiger partial charge in [-0.3, -0.25) is 4.79 Å². The maximum atomic E-state index is 12.6. The van der Waals surface area contributed by atoms with Crippen LogP contribution in [0.4, 0.5) is 11.4 Å². The molecular weight excluding hydrogens is 290 g/mol. The van der Waals surface area contributed by atoms with Crippen LogP contribution in [0.3, 0.4) is 0 Å². The van der Waals surface area contributed by atoms with Gasteiger partial charge in [-0.2, -0.15) is 5.10 Å². The van der Waals surface area contributed by atoms with Crippen molar-refractivity contribution in [1.82, 2.24) is 14.6 Å². The van der Waals surface area contributed by atoms with E-state index in [1.54, 1.807) is 16.9 Å². The predicted molar refractivity (Wildman–Crippen MR) is 90.9 cm³/mol. The number of para-hydroxylation sites is 2. The molecule has 0 radical (unpaired) electrons.